The third-order valence-electron chi connectivity index (χ3n) is 3.66. The van der Waals surface area contributed by atoms with Gasteiger partial charge in [-0.25, -0.2) is 0 Å². The van der Waals surface area contributed by atoms with Gasteiger partial charge in [0, 0.05) is 25.7 Å². The molecule has 0 saturated carbocycles. The molecule has 0 radical (unpaired) electrons. The summed E-state index contributed by atoms with van der Waals surface area (Å²) in [4.78, 5) is 11.1. The number of carboxylic acids is 1. The Balaban J connectivity index is 1.96. The molecule has 2 rings (SSSR count). The molecule has 2 atom stereocenters. The van der Waals surface area contributed by atoms with Crippen molar-refractivity contribution in [1.29, 1.82) is 0 Å². The van der Waals surface area contributed by atoms with Gasteiger partial charge in [-0.15, -0.1) is 0 Å². The minimum atomic E-state index is -0.886. The van der Waals surface area contributed by atoms with Crippen LogP contribution < -0.4 is 5.32 Å². The fourth-order valence-electron chi connectivity index (χ4n) is 2.59. The highest BCUT2D eigenvalue weighted by Crippen LogP contribution is 2.33. The number of hydrogen-bond acceptors (Lipinski definition) is 4. The van der Waals surface area contributed by atoms with E-state index in [1.54, 1.807) is 13.8 Å². The fraction of sp³-hybridized carbons (Fsp3) is 0.917. The summed E-state index contributed by atoms with van der Waals surface area (Å²) in [6.07, 6.45) is 2.61. The molecule has 0 amide bonds. The Morgan fingerprint density at radius 3 is 2.82 bits per heavy atom. The van der Waals surface area contributed by atoms with E-state index >= 15 is 0 Å². The van der Waals surface area contributed by atoms with Gasteiger partial charge in [0.05, 0.1) is 12.2 Å². The summed E-state index contributed by atoms with van der Waals surface area (Å²) >= 11 is 0. The summed E-state index contributed by atoms with van der Waals surface area (Å²) in [5.74, 6) is -0.819. The van der Waals surface area contributed by atoms with Crippen LogP contribution >= 0.6 is 0 Å². The average molecular weight is 243 g/mol. The molecular formula is C12H21NO4. The Labute approximate surface area is 101 Å². The summed E-state index contributed by atoms with van der Waals surface area (Å²) in [6, 6.07) is 0.191. The number of aliphatic carboxylic acids is 1. The van der Waals surface area contributed by atoms with Crippen molar-refractivity contribution >= 4 is 5.97 Å². The number of ether oxygens (including phenoxy) is 2. The van der Waals surface area contributed by atoms with Crippen LogP contribution in [-0.2, 0) is 14.3 Å². The second-order valence-corrected chi connectivity index (χ2v) is 5.60. The van der Waals surface area contributed by atoms with Gasteiger partial charge in [0.2, 0.25) is 0 Å². The highest BCUT2D eigenvalue weighted by molar-refractivity contribution is 5.77. The highest BCUT2D eigenvalue weighted by atomic mass is 16.6. The largest absolute Gasteiger partial charge is 0.480 e. The van der Waals surface area contributed by atoms with Crippen LogP contribution in [0, 0.1) is 0 Å². The number of carbonyl (C=O) groups is 1. The maximum Gasteiger partial charge on any atom is 0.323 e. The van der Waals surface area contributed by atoms with Gasteiger partial charge in [-0.1, -0.05) is 0 Å². The Kier molecular flexibility index (Phi) is 3.43. The van der Waals surface area contributed by atoms with Crippen LogP contribution in [0.3, 0.4) is 0 Å². The first-order valence-corrected chi connectivity index (χ1v) is 6.16. The second-order valence-electron chi connectivity index (χ2n) is 5.60. The lowest BCUT2D eigenvalue weighted by molar-refractivity contribution is -0.145. The van der Waals surface area contributed by atoms with E-state index in [0.717, 1.165) is 25.9 Å². The van der Waals surface area contributed by atoms with Crippen molar-refractivity contribution in [2.24, 2.45) is 0 Å². The molecule has 0 aromatic rings. The van der Waals surface area contributed by atoms with Gasteiger partial charge in [0.25, 0.3) is 0 Å². The van der Waals surface area contributed by atoms with Crippen LogP contribution in [0.15, 0.2) is 0 Å². The third-order valence-corrected chi connectivity index (χ3v) is 3.66. The van der Waals surface area contributed by atoms with Crippen molar-refractivity contribution in [3.63, 3.8) is 0 Å². The molecule has 2 saturated heterocycles. The molecule has 0 bridgehead atoms. The third kappa shape index (κ3) is 2.78. The zero-order chi connectivity index (χ0) is 12.5. The first kappa shape index (κ1) is 12.8. The molecule has 2 heterocycles. The first-order valence-electron chi connectivity index (χ1n) is 6.16. The molecule has 2 unspecified atom stereocenters. The number of rotatable bonds is 3. The van der Waals surface area contributed by atoms with E-state index in [1.165, 1.54) is 0 Å². The van der Waals surface area contributed by atoms with Crippen molar-refractivity contribution in [3.05, 3.63) is 0 Å². The Morgan fingerprint density at radius 2 is 2.24 bits per heavy atom. The Hall–Kier alpha value is -0.650. The van der Waals surface area contributed by atoms with Gasteiger partial charge in [0.1, 0.15) is 5.54 Å². The van der Waals surface area contributed by atoms with E-state index < -0.39 is 11.5 Å². The van der Waals surface area contributed by atoms with E-state index in [0.29, 0.717) is 13.2 Å². The van der Waals surface area contributed by atoms with Gasteiger partial charge >= 0.3 is 5.97 Å². The molecule has 1 spiro atoms. The normalized spacial score (nSPS) is 34.1. The number of hydrogen-bond donors (Lipinski definition) is 2. The monoisotopic (exact) mass is 243 g/mol. The minimum Gasteiger partial charge on any atom is -0.480 e. The van der Waals surface area contributed by atoms with Gasteiger partial charge in [-0.05, 0) is 26.7 Å². The van der Waals surface area contributed by atoms with E-state index in [1.807, 2.05) is 0 Å². The molecule has 5 heteroatoms. The maximum atomic E-state index is 11.1. The highest BCUT2D eigenvalue weighted by Gasteiger charge is 2.42. The smallest absolute Gasteiger partial charge is 0.323 e. The van der Waals surface area contributed by atoms with Gasteiger partial charge in [-0.2, -0.15) is 0 Å². The van der Waals surface area contributed by atoms with Crippen LogP contribution in [0.5, 0.6) is 0 Å². The van der Waals surface area contributed by atoms with Gasteiger partial charge in [-0.3, -0.25) is 10.1 Å². The van der Waals surface area contributed by atoms with E-state index in [4.69, 9.17) is 14.6 Å². The Bertz CT molecular complexity index is 297. The molecule has 5 nitrogen and oxygen atoms in total. The van der Waals surface area contributed by atoms with Crippen LogP contribution in [0.2, 0.25) is 0 Å². The fourth-order valence-corrected chi connectivity index (χ4v) is 2.59. The molecule has 0 aliphatic carbocycles. The lowest BCUT2D eigenvalue weighted by Crippen LogP contribution is -2.56. The molecule has 2 aliphatic rings. The van der Waals surface area contributed by atoms with E-state index in [2.05, 4.69) is 5.32 Å². The summed E-state index contributed by atoms with van der Waals surface area (Å²) < 4.78 is 11.2. The molecule has 17 heavy (non-hydrogen) atoms. The lowest BCUT2D eigenvalue weighted by Gasteiger charge is -2.39. The lowest BCUT2D eigenvalue weighted by atomic mass is 9.88. The van der Waals surface area contributed by atoms with Crippen molar-refractivity contribution in [2.75, 3.05) is 19.8 Å². The summed E-state index contributed by atoms with van der Waals surface area (Å²) in [7, 11) is 0. The van der Waals surface area contributed by atoms with E-state index in [-0.39, 0.29) is 11.6 Å². The maximum absolute atomic E-state index is 11.1. The molecule has 2 aliphatic heterocycles. The summed E-state index contributed by atoms with van der Waals surface area (Å²) in [6.45, 7) is 5.45. The molecule has 0 aromatic carbocycles. The van der Waals surface area contributed by atoms with Crippen molar-refractivity contribution in [2.45, 2.75) is 50.3 Å². The minimum absolute atomic E-state index is 0.176. The zero-order valence-corrected chi connectivity index (χ0v) is 10.5. The van der Waals surface area contributed by atoms with Crippen LogP contribution in [0.1, 0.15) is 33.1 Å². The van der Waals surface area contributed by atoms with Crippen molar-refractivity contribution < 1.29 is 19.4 Å². The quantitative estimate of drug-likeness (QED) is 0.766. The molecule has 2 fully saturated rings. The van der Waals surface area contributed by atoms with Crippen molar-refractivity contribution in [3.8, 4) is 0 Å². The zero-order valence-electron chi connectivity index (χ0n) is 10.5. The predicted molar refractivity (Wildman–Crippen MR) is 62.0 cm³/mol. The molecule has 98 valence electrons. The predicted octanol–water partition coefficient (Wildman–Crippen LogP) is 0.777. The first-order chi connectivity index (χ1) is 7.94. The standard InChI is InChI=1S/C12H21NO4/c1-11(2,10(14)15)13-9-3-5-17-12(7-9)4-6-16-8-12/h9,13H,3-8H2,1-2H3,(H,14,15). The average Bonchev–Trinajstić information content (AvgIpc) is 2.65. The van der Waals surface area contributed by atoms with Gasteiger partial charge in [0.15, 0.2) is 0 Å². The topological polar surface area (TPSA) is 67.8 Å². The molecule has 2 N–H and O–H groups in total. The van der Waals surface area contributed by atoms with Crippen LogP contribution in [0.25, 0.3) is 0 Å². The van der Waals surface area contributed by atoms with Gasteiger partial charge < -0.3 is 14.6 Å². The van der Waals surface area contributed by atoms with Crippen LogP contribution in [-0.4, -0.2) is 48.1 Å². The number of nitrogens with one attached hydrogen (secondary N) is 1. The number of carboxylic acid groups (broad SMARTS) is 1. The van der Waals surface area contributed by atoms with Crippen molar-refractivity contribution in [1.82, 2.24) is 5.32 Å². The SMILES string of the molecule is CC(C)(NC1CCOC2(CCOC2)C1)C(=O)O. The molecular weight excluding hydrogens is 222 g/mol. The second kappa shape index (κ2) is 4.55. The molecule has 0 aromatic heterocycles. The summed E-state index contributed by atoms with van der Waals surface area (Å²) in [5.41, 5.74) is -1.06. The van der Waals surface area contributed by atoms with E-state index in [9.17, 15) is 4.79 Å². The summed E-state index contributed by atoms with van der Waals surface area (Å²) in [5, 5.41) is 12.3. The van der Waals surface area contributed by atoms with Crippen LogP contribution in [0.4, 0.5) is 0 Å². The Morgan fingerprint density at radius 1 is 1.47 bits per heavy atom.